The molecule has 0 radical (unpaired) electrons. The van der Waals surface area contributed by atoms with E-state index in [2.05, 4.69) is 12.1 Å². The second-order valence-corrected chi connectivity index (χ2v) is 4.73. The molecule has 3 nitrogen and oxygen atoms in total. The average Bonchev–Trinajstić information content (AvgIpc) is 2.54. The van der Waals surface area contributed by atoms with E-state index in [1.54, 1.807) is 14.2 Å². The van der Waals surface area contributed by atoms with E-state index in [1.807, 2.05) is 30.3 Å². The number of ether oxygens (including phenoxy) is 2. The number of rotatable bonds is 3. The topological polar surface area (TPSA) is 30.8 Å². The highest BCUT2D eigenvalue weighted by Crippen LogP contribution is 2.25. The van der Waals surface area contributed by atoms with Crippen LogP contribution in [0.15, 0.2) is 47.5 Å². The molecule has 102 valence electrons. The Bertz CT molecular complexity index is 645. The smallest absolute Gasteiger partial charge is 0.119 e. The van der Waals surface area contributed by atoms with Gasteiger partial charge in [0.1, 0.15) is 11.5 Å². The van der Waals surface area contributed by atoms with Gasteiger partial charge in [-0.1, -0.05) is 6.07 Å². The van der Waals surface area contributed by atoms with Crippen molar-refractivity contribution < 1.29 is 9.47 Å². The summed E-state index contributed by atoms with van der Waals surface area (Å²) >= 11 is 0. The highest BCUT2D eigenvalue weighted by atomic mass is 16.5. The summed E-state index contributed by atoms with van der Waals surface area (Å²) in [6.45, 7) is 0.834. The molecule has 0 aliphatic carbocycles. The van der Waals surface area contributed by atoms with Gasteiger partial charge < -0.3 is 9.47 Å². The molecule has 2 aromatic rings. The molecule has 1 aliphatic rings. The SMILES string of the molecule is COc1ccc(C2=NCCc3ccc(OC)cc32)cc1. The van der Waals surface area contributed by atoms with Gasteiger partial charge in [0.2, 0.25) is 0 Å². The third-order valence-electron chi connectivity index (χ3n) is 3.59. The fourth-order valence-electron chi connectivity index (χ4n) is 2.49. The van der Waals surface area contributed by atoms with Gasteiger partial charge in [0.25, 0.3) is 0 Å². The van der Waals surface area contributed by atoms with E-state index >= 15 is 0 Å². The Kier molecular flexibility index (Phi) is 3.42. The van der Waals surface area contributed by atoms with Crippen LogP contribution in [0.3, 0.4) is 0 Å². The molecule has 3 heteroatoms. The van der Waals surface area contributed by atoms with Crippen LogP contribution in [0.2, 0.25) is 0 Å². The fourth-order valence-corrected chi connectivity index (χ4v) is 2.49. The van der Waals surface area contributed by atoms with Gasteiger partial charge in [0.15, 0.2) is 0 Å². The van der Waals surface area contributed by atoms with Gasteiger partial charge >= 0.3 is 0 Å². The molecule has 3 rings (SSSR count). The maximum Gasteiger partial charge on any atom is 0.119 e. The Labute approximate surface area is 118 Å². The van der Waals surface area contributed by atoms with Crippen LogP contribution in [0.1, 0.15) is 16.7 Å². The number of aliphatic imine (C=N–C) groups is 1. The minimum atomic E-state index is 0.834. The number of methoxy groups -OCH3 is 2. The summed E-state index contributed by atoms with van der Waals surface area (Å²) in [5.41, 5.74) is 4.64. The van der Waals surface area contributed by atoms with Crippen LogP contribution in [0.25, 0.3) is 0 Å². The first-order valence-electron chi connectivity index (χ1n) is 6.68. The standard InChI is InChI=1S/C17H17NO2/c1-19-14-6-4-13(5-7-14)17-16-11-15(20-2)8-3-12(16)9-10-18-17/h3-8,11H,9-10H2,1-2H3. The Morgan fingerprint density at radius 1 is 0.900 bits per heavy atom. The molecule has 0 fully saturated rings. The molecule has 1 heterocycles. The highest BCUT2D eigenvalue weighted by Gasteiger charge is 2.16. The Hall–Kier alpha value is -2.29. The summed E-state index contributed by atoms with van der Waals surface area (Å²) in [5.74, 6) is 1.72. The first kappa shape index (κ1) is 12.7. The maximum absolute atomic E-state index is 5.33. The van der Waals surface area contributed by atoms with Crippen LogP contribution in [0.5, 0.6) is 11.5 Å². The van der Waals surface area contributed by atoms with Gasteiger partial charge in [0, 0.05) is 17.7 Å². The summed E-state index contributed by atoms with van der Waals surface area (Å²) in [5, 5.41) is 0. The molecule has 0 saturated heterocycles. The van der Waals surface area contributed by atoms with Gasteiger partial charge in [-0.25, -0.2) is 0 Å². The molecule has 1 aliphatic heterocycles. The number of fused-ring (bicyclic) bond motifs is 1. The van der Waals surface area contributed by atoms with Crippen molar-refractivity contribution in [2.45, 2.75) is 6.42 Å². The van der Waals surface area contributed by atoms with Gasteiger partial charge in [-0.2, -0.15) is 0 Å². The predicted octanol–water partition coefficient (Wildman–Crippen LogP) is 3.10. The molecule has 0 atom stereocenters. The lowest BCUT2D eigenvalue weighted by Gasteiger charge is -2.18. The molecule has 0 amide bonds. The maximum atomic E-state index is 5.33. The van der Waals surface area contributed by atoms with Crippen LogP contribution in [0.4, 0.5) is 0 Å². The summed E-state index contributed by atoms with van der Waals surface area (Å²) < 4.78 is 10.5. The lowest BCUT2D eigenvalue weighted by atomic mass is 9.93. The van der Waals surface area contributed by atoms with Gasteiger partial charge in [0.05, 0.1) is 19.9 Å². The van der Waals surface area contributed by atoms with Crippen molar-refractivity contribution >= 4 is 5.71 Å². The highest BCUT2D eigenvalue weighted by molar-refractivity contribution is 6.14. The molecule has 0 saturated carbocycles. The third-order valence-corrected chi connectivity index (χ3v) is 3.59. The zero-order valence-electron chi connectivity index (χ0n) is 11.7. The van der Waals surface area contributed by atoms with E-state index in [9.17, 15) is 0 Å². The number of benzene rings is 2. The van der Waals surface area contributed by atoms with E-state index in [1.165, 1.54) is 11.1 Å². The molecule has 0 aromatic heterocycles. The summed E-state index contributed by atoms with van der Waals surface area (Å²) in [6.07, 6.45) is 0.985. The van der Waals surface area contributed by atoms with Crippen molar-refractivity contribution in [3.05, 3.63) is 59.2 Å². The summed E-state index contributed by atoms with van der Waals surface area (Å²) in [6, 6.07) is 14.2. The number of nitrogens with zero attached hydrogens (tertiary/aromatic N) is 1. The summed E-state index contributed by atoms with van der Waals surface area (Å²) in [4.78, 5) is 4.69. The van der Waals surface area contributed by atoms with E-state index in [0.717, 1.165) is 35.7 Å². The minimum absolute atomic E-state index is 0.834. The molecule has 0 N–H and O–H groups in total. The Balaban J connectivity index is 2.04. The van der Waals surface area contributed by atoms with Crippen LogP contribution >= 0.6 is 0 Å². The van der Waals surface area contributed by atoms with Crippen LogP contribution in [0, 0.1) is 0 Å². The lowest BCUT2D eigenvalue weighted by molar-refractivity contribution is 0.414. The molecule has 0 unspecified atom stereocenters. The Morgan fingerprint density at radius 3 is 2.30 bits per heavy atom. The van der Waals surface area contributed by atoms with Crippen molar-refractivity contribution in [1.82, 2.24) is 0 Å². The molecular weight excluding hydrogens is 250 g/mol. The second-order valence-electron chi connectivity index (χ2n) is 4.73. The van der Waals surface area contributed by atoms with Crippen LogP contribution < -0.4 is 9.47 Å². The monoisotopic (exact) mass is 267 g/mol. The normalized spacial score (nSPS) is 13.4. The summed E-state index contributed by atoms with van der Waals surface area (Å²) in [7, 11) is 3.36. The van der Waals surface area contributed by atoms with Crippen molar-refractivity contribution in [2.75, 3.05) is 20.8 Å². The van der Waals surface area contributed by atoms with Crippen molar-refractivity contribution in [3.8, 4) is 11.5 Å². The number of hydrogen-bond acceptors (Lipinski definition) is 3. The first-order valence-corrected chi connectivity index (χ1v) is 6.68. The quantitative estimate of drug-likeness (QED) is 0.855. The second kappa shape index (κ2) is 5.37. The van der Waals surface area contributed by atoms with Gasteiger partial charge in [-0.05, 0) is 48.4 Å². The third kappa shape index (κ3) is 2.27. The van der Waals surface area contributed by atoms with Crippen molar-refractivity contribution in [1.29, 1.82) is 0 Å². The lowest BCUT2D eigenvalue weighted by Crippen LogP contribution is -2.14. The van der Waals surface area contributed by atoms with E-state index in [-0.39, 0.29) is 0 Å². The van der Waals surface area contributed by atoms with E-state index in [4.69, 9.17) is 14.5 Å². The largest absolute Gasteiger partial charge is 0.497 e. The molecular formula is C17H17NO2. The fraction of sp³-hybridized carbons (Fsp3) is 0.235. The molecule has 2 aromatic carbocycles. The molecule has 20 heavy (non-hydrogen) atoms. The van der Waals surface area contributed by atoms with E-state index < -0.39 is 0 Å². The average molecular weight is 267 g/mol. The zero-order chi connectivity index (χ0) is 13.9. The van der Waals surface area contributed by atoms with Crippen LogP contribution in [-0.4, -0.2) is 26.5 Å². The minimum Gasteiger partial charge on any atom is -0.497 e. The zero-order valence-corrected chi connectivity index (χ0v) is 11.7. The van der Waals surface area contributed by atoms with Gasteiger partial charge in [-0.15, -0.1) is 0 Å². The van der Waals surface area contributed by atoms with Gasteiger partial charge in [-0.3, -0.25) is 4.99 Å². The first-order chi connectivity index (χ1) is 9.81. The molecule has 0 spiro atoms. The Morgan fingerprint density at radius 2 is 1.60 bits per heavy atom. The predicted molar refractivity (Wildman–Crippen MR) is 80.2 cm³/mol. The molecule has 0 bridgehead atoms. The number of hydrogen-bond donors (Lipinski definition) is 0. The van der Waals surface area contributed by atoms with Crippen LogP contribution in [-0.2, 0) is 6.42 Å². The van der Waals surface area contributed by atoms with E-state index in [0.29, 0.717) is 0 Å². The van der Waals surface area contributed by atoms with Crippen molar-refractivity contribution in [3.63, 3.8) is 0 Å². The van der Waals surface area contributed by atoms with Crippen molar-refractivity contribution in [2.24, 2.45) is 4.99 Å².